The van der Waals surface area contributed by atoms with Crippen molar-refractivity contribution >= 4 is 11.8 Å². The Bertz CT molecular complexity index is 654. The molecule has 0 amide bonds. The van der Waals surface area contributed by atoms with Crippen molar-refractivity contribution in [2.24, 2.45) is 0 Å². The molecule has 0 aliphatic heterocycles. The highest BCUT2D eigenvalue weighted by Gasteiger charge is 2.15. The quantitative estimate of drug-likeness (QED) is 0.894. The number of hydrogen-bond acceptors (Lipinski definition) is 4. The van der Waals surface area contributed by atoms with E-state index in [-0.39, 0.29) is 5.56 Å². The molecule has 2 aromatic rings. The Balaban J connectivity index is 2.30. The van der Waals surface area contributed by atoms with E-state index in [4.69, 9.17) is 0 Å². The summed E-state index contributed by atoms with van der Waals surface area (Å²) in [6.07, 6.45) is 3.50. The average molecular weight is 271 g/mol. The number of nitrogens with zero attached hydrogens (tertiary/aromatic N) is 2. The van der Waals surface area contributed by atoms with Crippen LogP contribution in [0.4, 0.5) is 5.82 Å². The van der Waals surface area contributed by atoms with E-state index in [0.29, 0.717) is 17.9 Å². The van der Waals surface area contributed by atoms with Crippen LogP contribution >= 0.6 is 0 Å². The molecule has 2 aromatic heterocycles. The maximum atomic E-state index is 11.3. The minimum absolute atomic E-state index is 0.224. The van der Waals surface area contributed by atoms with E-state index in [0.717, 1.165) is 16.8 Å². The van der Waals surface area contributed by atoms with Crippen molar-refractivity contribution in [3.05, 3.63) is 52.5 Å². The second-order valence-electron chi connectivity index (χ2n) is 4.77. The number of anilines is 1. The molecule has 0 spiro atoms. The van der Waals surface area contributed by atoms with Crippen LogP contribution in [0.25, 0.3) is 0 Å². The molecular formula is C15H17N3O2. The van der Waals surface area contributed by atoms with Crippen LogP contribution < -0.4 is 5.32 Å². The van der Waals surface area contributed by atoms with E-state index in [9.17, 15) is 9.90 Å². The van der Waals surface area contributed by atoms with Crippen LogP contribution in [0.1, 0.15) is 32.7 Å². The van der Waals surface area contributed by atoms with E-state index >= 15 is 0 Å². The van der Waals surface area contributed by atoms with Crippen molar-refractivity contribution in [2.45, 2.75) is 27.3 Å². The van der Waals surface area contributed by atoms with Gasteiger partial charge in [0.25, 0.3) is 0 Å². The van der Waals surface area contributed by atoms with E-state index < -0.39 is 5.97 Å². The fourth-order valence-electron chi connectivity index (χ4n) is 2.11. The maximum absolute atomic E-state index is 11.3. The summed E-state index contributed by atoms with van der Waals surface area (Å²) in [7, 11) is 0. The molecule has 0 bridgehead atoms. The summed E-state index contributed by atoms with van der Waals surface area (Å²) in [5, 5.41) is 12.4. The molecule has 5 heteroatoms. The molecule has 5 nitrogen and oxygen atoms in total. The number of carbonyl (C=O) groups is 1. The molecule has 0 fully saturated rings. The van der Waals surface area contributed by atoms with Gasteiger partial charge in [-0.2, -0.15) is 0 Å². The summed E-state index contributed by atoms with van der Waals surface area (Å²) in [5.74, 6) is -0.560. The molecule has 0 aliphatic rings. The van der Waals surface area contributed by atoms with Crippen LogP contribution in [0.3, 0.4) is 0 Å². The summed E-state index contributed by atoms with van der Waals surface area (Å²) in [5.41, 5.74) is 3.85. The van der Waals surface area contributed by atoms with Gasteiger partial charge in [-0.15, -0.1) is 0 Å². The number of aryl methyl sites for hydroxylation is 3. The number of pyridine rings is 2. The molecule has 0 saturated heterocycles. The highest BCUT2D eigenvalue weighted by atomic mass is 16.4. The number of nitrogens with one attached hydrogen (secondary N) is 1. The van der Waals surface area contributed by atoms with Gasteiger partial charge in [0.1, 0.15) is 11.4 Å². The molecule has 2 rings (SSSR count). The fraction of sp³-hybridized carbons (Fsp3) is 0.267. The number of rotatable bonds is 4. The van der Waals surface area contributed by atoms with Gasteiger partial charge < -0.3 is 10.4 Å². The Morgan fingerprint density at radius 2 is 2.05 bits per heavy atom. The molecule has 20 heavy (non-hydrogen) atoms. The molecule has 0 atom stereocenters. The standard InChI is InChI=1S/C15H17N3O2/c1-9-6-11(3)18-14(13(9)15(19)20)17-8-12-4-5-16-7-10(12)2/h4-7H,8H2,1-3H3,(H,17,18)(H,19,20). The summed E-state index contributed by atoms with van der Waals surface area (Å²) >= 11 is 0. The lowest BCUT2D eigenvalue weighted by atomic mass is 10.1. The van der Waals surface area contributed by atoms with Gasteiger partial charge in [0.2, 0.25) is 0 Å². The third-order valence-corrected chi connectivity index (χ3v) is 3.14. The van der Waals surface area contributed by atoms with Gasteiger partial charge in [0.15, 0.2) is 0 Å². The Morgan fingerprint density at radius 3 is 2.70 bits per heavy atom. The van der Waals surface area contributed by atoms with Crippen molar-refractivity contribution in [1.82, 2.24) is 9.97 Å². The predicted octanol–water partition coefficient (Wildman–Crippen LogP) is 2.71. The first-order chi connectivity index (χ1) is 9.49. The topological polar surface area (TPSA) is 75.1 Å². The lowest BCUT2D eigenvalue weighted by Crippen LogP contribution is -2.11. The second-order valence-corrected chi connectivity index (χ2v) is 4.77. The predicted molar refractivity (Wildman–Crippen MR) is 77.0 cm³/mol. The molecule has 2 N–H and O–H groups in total. The van der Waals surface area contributed by atoms with Gasteiger partial charge in [-0.05, 0) is 49.6 Å². The first-order valence-electron chi connectivity index (χ1n) is 6.34. The van der Waals surface area contributed by atoms with Crippen molar-refractivity contribution in [3.8, 4) is 0 Å². The van der Waals surface area contributed by atoms with Crippen LogP contribution in [-0.2, 0) is 6.54 Å². The highest BCUT2D eigenvalue weighted by Crippen LogP contribution is 2.19. The zero-order chi connectivity index (χ0) is 14.7. The SMILES string of the molecule is Cc1cc(C)c(C(=O)O)c(NCc2ccncc2C)n1. The third kappa shape index (κ3) is 2.93. The van der Waals surface area contributed by atoms with E-state index in [1.54, 1.807) is 25.4 Å². The molecule has 0 aromatic carbocycles. The number of hydrogen-bond donors (Lipinski definition) is 2. The normalized spacial score (nSPS) is 10.3. The lowest BCUT2D eigenvalue weighted by Gasteiger charge is -2.13. The third-order valence-electron chi connectivity index (χ3n) is 3.14. The van der Waals surface area contributed by atoms with Gasteiger partial charge in [-0.3, -0.25) is 4.98 Å². The minimum Gasteiger partial charge on any atom is -0.478 e. The zero-order valence-corrected chi connectivity index (χ0v) is 11.8. The van der Waals surface area contributed by atoms with Crippen LogP contribution in [0.15, 0.2) is 24.5 Å². The largest absolute Gasteiger partial charge is 0.478 e. The zero-order valence-electron chi connectivity index (χ0n) is 11.8. The summed E-state index contributed by atoms with van der Waals surface area (Å²) in [6.45, 7) is 6.12. The van der Waals surface area contributed by atoms with Gasteiger partial charge in [0, 0.05) is 24.6 Å². The Morgan fingerprint density at radius 1 is 1.30 bits per heavy atom. The number of carboxylic acids is 1. The van der Waals surface area contributed by atoms with Crippen LogP contribution in [-0.4, -0.2) is 21.0 Å². The van der Waals surface area contributed by atoms with E-state index in [1.807, 2.05) is 19.9 Å². The Hall–Kier alpha value is -2.43. The summed E-state index contributed by atoms with van der Waals surface area (Å²) < 4.78 is 0. The van der Waals surface area contributed by atoms with Gasteiger partial charge in [-0.25, -0.2) is 9.78 Å². The Labute approximate surface area is 117 Å². The van der Waals surface area contributed by atoms with Crippen LogP contribution in [0.5, 0.6) is 0 Å². The molecule has 0 radical (unpaired) electrons. The molecule has 104 valence electrons. The van der Waals surface area contributed by atoms with Crippen LogP contribution in [0.2, 0.25) is 0 Å². The first kappa shape index (κ1) is 14.0. The molecule has 0 aliphatic carbocycles. The number of aromatic carboxylic acids is 1. The molecule has 0 saturated carbocycles. The summed E-state index contributed by atoms with van der Waals surface area (Å²) in [4.78, 5) is 19.7. The second kappa shape index (κ2) is 5.69. The molecule has 0 unspecified atom stereocenters. The first-order valence-corrected chi connectivity index (χ1v) is 6.34. The smallest absolute Gasteiger partial charge is 0.339 e. The van der Waals surface area contributed by atoms with Gasteiger partial charge in [-0.1, -0.05) is 0 Å². The van der Waals surface area contributed by atoms with E-state index in [2.05, 4.69) is 15.3 Å². The average Bonchev–Trinajstić information content (AvgIpc) is 2.36. The lowest BCUT2D eigenvalue weighted by molar-refractivity contribution is 0.0697. The molecular weight excluding hydrogens is 254 g/mol. The van der Waals surface area contributed by atoms with Crippen molar-refractivity contribution < 1.29 is 9.90 Å². The van der Waals surface area contributed by atoms with Gasteiger partial charge in [0.05, 0.1) is 0 Å². The number of carboxylic acid groups (broad SMARTS) is 1. The summed E-state index contributed by atoms with van der Waals surface area (Å²) in [6, 6.07) is 3.68. The minimum atomic E-state index is -0.969. The van der Waals surface area contributed by atoms with Crippen LogP contribution in [0, 0.1) is 20.8 Å². The van der Waals surface area contributed by atoms with Crippen molar-refractivity contribution in [1.29, 1.82) is 0 Å². The fourth-order valence-corrected chi connectivity index (χ4v) is 2.11. The Kier molecular flexibility index (Phi) is 3.98. The molecule has 2 heterocycles. The van der Waals surface area contributed by atoms with E-state index in [1.165, 1.54) is 0 Å². The monoisotopic (exact) mass is 271 g/mol. The highest BCUT2D eigenvalue weighted by molar-refractivity contribution is 5.94. The number of aromatic nitrogens is 2. The van der Waals surface area contributed by atoms with Crippen molar-refractivity contribution in [3.63, 3.8) is 0 Å². The van der Waals surface area contributed by atoms with Crippen molar-refractivity contribution in [2.75, 3.05) is 5.32 Å². The van der Waals surface area contributed by atoms with Gasteiger partial charge >= 0.3 is 5.97 Å². The maximum Gasteiger partial charge on any atom is 0.339 e.